The molecule has 0 unspecified atom stereocenters. The van der Waals surface area contributed by atoms with Crippen LogP contribution in [0.5, 0.6) is 0 Å². The average Bonchev–Trinajstić information content (AvgIpc) is 2.55. The summed E-state index contributed by atoms with van der Waals surface area (Å²) in [4.78, 5) is 13.0. The van der Waals surface area contributed by atoms with Crippen molar-refractivity contribution in [3.05, 3.63) is 64.1 Å². The average molecular weight is 375 g/mol. The van der Waals surface area contributed by atoms with Gasteiger partial charge in [-0.2, -0.15) is 5.26 Å². The number of nitriles is 1. The van der Waals surface area contributed by atoms with Crippen LogP contribution in [0.15, 0.2) is 57.9 Å². The number of halogens is 1. The van der Waals surface area contributed by atoms with E-state index in [1.807, 2.05) is 36.4 Å². The van der Waals surface area contributed by atoms with Crippen molar-refractivity contribution in [2.45, 2.75) is 17.9 Å². The monoisotopic (exact) mass is 374 g/mol. The molecular formula is C17H15BrN2OS. The van der Waals surface area contributed by atoms with E-state index in [-0.39, 0.29) is 5.91 Å². The molecule has 0 atom stereocenters. The Morgan fingerprint density at radius 1 is 1.14 bits per heavy atom. The Hall–Kier alpha value is -1.77. The number of nitrogens with one attached hydrogen (secondary N) is 1. The largest absolute Gasteiger partial charge is 0.352 e. The second-order valence-electron chi connectivity index (χ2n) is 4.64. The molecule has 1 amide bonds. The van der Waals surface area contributed by atoms with Gasteiger partial charge in [-0.15, -0.1) is 11.8 Å². The maximum atomic E-state index is 11.8. The molecule has 0 heterocycles. The van der Waals surface area contributed by atoms with E-state index in [4.69, 9.17) is 5.26 Å². The van der Waals surface area contributed by atoms with Gasteiger partial charge in [-0.3, -0.25) is 4.79 Å². The zero-order chi connectivity index (χ0) is 15.8. The zero-order valence-electron chi connectivity index (χ0n) is 11.9. The van der Waals surface area contributed by atoms with E-state index in [1.54, 1.807) is 23.9 Å². The van der Waals surface area contributed by atoms with Gasteiger partial charge in [0.25, 0.3) is 0 Å². The van der Waals surface area contributed by atoms with Crippen molar-refractivity contribution in [3.63, 3.8) is 0 Å². The number of rotatable bonds is 6. The number of hydrogen-bond donors (Lipinski definition) is 1. The second kappa shape index (κ2) is 8.62. The molecular weight excluding hydrogens is 360 g/mol. The molecule has 2 aromatic carbocycles. The molecule has 0 aliphatic rings. The minimum atomic E-state index is 0.0361. The first-order chi connectivity index (χ1) is 10.7. The minimum absolute atomic E-state index is 0.0361. The van der Waals surface area contributed by atoms with Crippen LogP contribution in [0.25, 0.3) is 0 Å². The zero-order valence-corrected chi connectivity index (χ0v) is 14.3. The number of carbonyl (C=O) groups excluding carboxylic acids is 1. The molecule has 3 nitrogen and oxygen atoms in total. The van der Waals surface area contributed by atoms with Crippen LogP contribution in [0.1, 0.15) is 17.5 Å². The summed E-state index contributed by atoms with van der Waals surface area (Å²) in [5.41, 5.74) is 1.62. The maximum Gasteiger partial charge on any atom is 0.221 e. The number of benzene rings is 2. The predicted octanol–water partition coefficient (Wildman–Crippen LogP) is 4.12. The Balaban J connectivity index is 1.69. The molecule has 1 N–H and O–H groups in total. The van der Waals surface area contributed by atoms with E-state index in [9.17, 15) is 4.79 Å². The Morgan fingerprint density at radius 2 is 1.82 bits per heavy atom. The van der Waals surface area contributed by atoms with Crippen LogP contribution in [0.2, 0.25) is 0 Å². The third-order valence-electron chi connectivity index (χ3n) is 2.98. The standard InChI is InChI=1S/C17H15BrN2OS/c18-15-5-7-16(8-6-15)22-10-9-17(21)20-12-14-3-1-13(11-19)2-4-14/h1-8H,9-10,12H2,(H,20,21). The molecule has 0 saturated carbocycles. The number of thioether (sulfide) groups is 1. The van der Waals surface area contributed by atoms with Gasteiger partial charge in [-0.05, 0) is 42.0 Å². The third kappa shape index (κ3) is 5.55. The highest BCUT2D eigenvalue weighted by Crippen LogP contribution is 2.21. The van der Waals surface area contributed by atoms with Crippen molar-refractivity contribution >= 4 is 33.6 Å². The first-order valence-corrected chi connectivity index (χ1v) is 8.59. The molecule has 22 heavy (non-hydrogen) atoms. The fourth-order valence-corrected chi connectivity index (χ4v) is 2.89. The summed E-state index contributed by atoms with van der Waals surface area (Å²) in [5, 5.41) is 11.6. The highest BCUT2D eigenvalue weighted by Gasteiger charge is 2.02. The fraction of sp³-hybridized carbons (Fsp3) is 0.176. The van der Waals surface area contributed by atoms with Gasteiger partial charge in [0.2, 0.25) is 5.91 Å². The lowest BCUT2D eigenvalue weighted by atomic mass is 10.1. The van der Waals surface area contributed by atoms with Crippen molar-refractivity contribution in [2.24, 2.45) is 0 Å². The molecule has 0 saturated heterocycles. The van der Waals surface area contributed by atoms with Gasteiger partial charge >= 0.3 is 0 Å². The maximum absolute atomic E-state index is 11.8. The number of nitrogens with zero attached hydrogens (tertiary/aromatic N) is 1. The van der Waals surface area contributed by atoms with Crippen LogP contribution in [0.4, 0.5) is 0 Å². The molecule has 0 fully saturated rings. The molecule has 2 rings (SSSR count). The summed E-state index contributed by atoms with van der Waals surface area (Å²) >= 11 is 5.06. The van der Waals surface area contributed by atoms with E-state index < -0.39 is 0 Å². The lowest BCUT2D eigenvalue weighted by Gasteiger charge is -2.06. The topological polar surface area (TPSA) is 52.9 Å². The van der Waals surface area contributed by atoms with Gasteiger partial charge in [0.15, 0.2) is 0 Å². The summed E-state index contributed by atoms with van der Waals surface area (Å²) in [6.45, 7) is 0.494. The normalized spacial score (nSPS) is 10.0. The van der Waals surface area contributed by atoms with E-state index in [0.717, 1.165) is 20.7 Å². The molecule has 0 spiro atoms. The highest BCUT2D eigenvalue weighted by molar-refractivity contribution is 9.10. The smallest absolute Gasteiger partial charge is 0.221 e. The summed E-state index contributed by atoms with van der Waals surface area (Å²) in [6, 6.07) is 17.3. The Bertz CT molecular complexity index is 663. The van der Waals surface area contributed by atoms with Crippen molar-refractivity contribution in [1.29, 1.82) is 5.26 Å². The summed E-state index contributed by atoms with van der Waals surface area (Å²) in [6.07, 6.45) is 0.483. The van der Waals surface area contributed by atoms with Crippen LogP contribution in [0, 0.1) is 11.3 Å². The SMILES string of the molecule is N#Cc1ccc(CNC(=O)CCSc2ccc(Br)cc2)cc1. The van der Waals surface area contributed by atoms with Gasteiger partial charge in [0, 0.05) is 28.1 Å². The summed E-state index contributed by atoms with van der Waals surface area (Å²) in [5.74, 6) is 0.787. The number of carbonyl (C=O) groups is 1. The predicted molar refractivity (Wildman–Crippen MR) is 92.5 cm³/mol. The molecule has 2 aromatic rings. The van der Waals surface area contributed by atoms with E-state index in [0.29, 0.717) is 18.5 Å². The Labute approximate surface area is 142 Å². The van der Waals surface area contributed by atoms with Crippen LogP contribution in [0.3, 0.4) is 0 Å². The third-order valence-corrected chi connectivity index (χ3v) is 4.53. The van der Waals surface area contributed by atoms with E-state index in [2.05, 4.69) is 27.3 Å². The van der Waals surface area contributed by atoms with Crippen molar-refractivity contribution < 1.29 is 4.79 Å². The Morgan fingerprint density at radius 3 is 2.45 bits per heavy atom. The molecule has 0 aliphatic heterocycles. The lowest BCUT2D eigenvalue weighted by Crippen LogP contribution is -2.22. The lowest BCUT2D eigenvalue weighted by molar-refractivity contribution is -0.120. The van der Waals surface area contributed by atoms with Crippen LogP contribution in [-0.4, -0.2) is 11.7 Å². The van der Waals surface area contributed by atoms with Crippen LogP contribution in [-0.2, 0) is 11.3 Å². The molecule has 0 aliphatic carbocycles. The summed E-state index contributed by atoms with van der Waals surface area (Å²) in [7, 11) is 0. The highest BCUT2D eigenvalue weighted by atomic mass is 79.9. The molecule has 0 aromatic heterocycles. The van der Waals surface area contributed by atoms with E-state index in [1.165, 1.54) is 0 Å². The van der Waals surface area contributed by atoms with Crippen molar-refractivity contribution in [1.82, 2.24) is 5.32 Å². The van der Waals surface area contributed by atoms with Gasteiger partial charge in [-0.1, -0.05) is 28.1 Å². The molecule has 112 valence electrons. The first kappa shape index (κ1) is 16.6. The summed E-state index contributed by atoms with van der Waals surface area (Å²) < 4.78 is 1.05. The van der Waals surface area contributed by atoms with E-state index >= 15 is 0 Å². The molecule has 0 bridgehead atoms. The van der Waals surface area contributed by atoms with Crippen LogP contribution < -0.4 is 5.32 Å². The number of hydrogen-bond acceptors (Lipinski definition) is 3. The van der Waals surface area contributed by atoms with Crippen LogP contribution >= 0.6 is 27.7 Å². The van der Waals surface area contributed by atoms with Gasteiger partial charge in [-0.25, -0.2) is 0 Å². The minimum Gasteiger partial charge on any atom is -0.352 e. The first-order valence-electron chi connectivity index (χ1n) is 6.81. The quantitative estimate of drug-likeness (QED) is 0.773. The van der Waals surface area contributed by atoms with Gasteiger partial charge in [0.1, 0.15) is 0 Å². The second-order valence-corrected chi connectivity index (χ2v) is 6.72. The molecule has 0 radical (unpaired) electrons. The molecule has 5 heteroatoms. The van der Waals surface area contributed by atoms with Gasteiger partial charge < -0.3 is 5.32 Å². The Kier molecular flexibility index (Phi) is 6.50. The number of amides is 1. The van der Waals surface area contributed by atoms with Crippen molar-refractivity contribution in [3.8, 4) is 6.07 Å². The van der Waals surface area contributed by atoms with Gasteiger partial charge in [0.05, 0.1) is 11.6 Å². The van der Waals surface area contributed by atoms with Crippen molar-refractivity contribution in [2.75, 3.05) is 5.75 Å². The fourth-order valence-electron chi connectivity index (χ4n) is 1.78.